The molecule has 126 valence electrons. The Morgan fingerprint density at radius 1 is 1.09 bits per heavy atom. The Labute approximate surface area is 135 Å². The first-order valence-corrected chi connectivity index (χ1v) is 7.90. The van der Waals surface area contributed by atoms with Gasteiger partial charge in [-0.1, -0.05) is 18.9 Å². The van der Waals surface area contributed by atoms with Crippen LogP contribution in [-0.4, -0.2) is 33.7 Å². The van der Waals surface area contributed by atoms with E-state index in [1.54, 1.807) is 6.07 Å². The molecule has 4 N–H and O–H groups in total. The monoisotopic (exact) mass is 321 g/mol. The summed E-state index contributed by atoms with van der Waals surface area (Å²) in [6, 6.07) is 4.56. The summed E-state index contributed by atoms with van der Waals surface area (Å²) in [5.74, 6) is -1.33. The Bertz CT molecular complexity index is 578. The Hall–Kier alpha value is -2.24. The minimum atomic E-state index is -0.848. The molecule has 1 aliphatic rings. The second-order valence-corrected chi connectivity index (χ2v) is 6.38. The van der Waals surface area contributed by atoms with Crippen LogP contribution >= 0.6 is 0 Å². The lowest BCUT2D eigenvalue weighted by molar-refractivity contribution is -0.140. The van der Waals surface area contributed by atoms with Crippen LogP contribution in [0.25, 0.3) is 0 Å². The molecule has 0 atom stereocenters. The maximum atomic E-state index is 12.1. The van der Waals surface area contributed by atoms with E-state index in [1.807, 2.05) is 0 Å². The van der Waals surface area contributed by atoms with Crippen molar-refractivity contribution in [3.63, 3.8) is 0 Å². The van der Waals surface area contributed by atoms with Crippen LogP contribution < -0.4 is 5.32 Å². The molecular formula is C17H23NO5. The molecule has 0 unspecified atom stereocenters. The number of carboxylic acid groups (broad SMARTS) is 1. The molecule has 0 saturated heterocycles. The number of aliphatic carboxylic acids is 1. The van der Waals surface area contributed by atoms with Crippen LogP contribution in [0, 0.1) is 5.41 Å². The minimum Gasteiger partial charge on any atom is -0.504 e. The van der Waals surface area contributed by atoms with Gasteiger partial charge < -0.3 is 20.6 Å². The lowest BCUT2D eigenvalue weighted by atomic mass is 9.79. The van der Waals surface area contributed by atoms with Crippen molar-refractivity contribution in [2.45, 2.75) is 44.9 Å². The quantitative estimate of drug-likeness (QED) is 0.576. The van der Waals surface area contributed by atoms with Gasteiger partial charge >= 0.3 is 5.97 Å². The number of phenols is 2. The van der Waals surface area contributed by atoms with Crippen LogP contribution in [0.15, 0.2) is 18.2 Å². The van der Waals surface area contributed by atoms with E-state index in [0.717, 1.165) is 31.2 Å². The van der Waals surface area contributed by atoms with Crippen molar-refractivity contribution in [3.05, 3.63) is 23.8 Å². The molecule has 0 heterocycles. The van der Waals surface area contributed by atoms with Gasteiger partial charge in [0.25, 0.3) is 0 Å². The number of hydrogen-bond donors (Lipinski definition) is 4. The summed E-state index contributed by atoms with van der Waals surface area (Å²) >= 11 is 0. The zero-order valence-corrected chi connectivity index (χ0v) is 13.0. The molecule has 1 aliphatic carbocycles. The Morgan fingerprint density at radius 2 is 1.78 bits per heavy atom. The van der Waals surface area contributed by atoms with E-state index in [1.165, 1.54) is 12.1 Å². The summed E-state index contributed by atoms with van der Waals surface area (Å²) in [5.41, 5.74) is 0.411. The van der Waals surface area contributed by atoms with Crippen LogP contribution in [0.1, 0.15) is 44.1 Å². The standard InChI is InChI=1S/C17H23NO5/c19-13-4-3-12(9-14(13)20)5-8-18-15(21)10-17(11-16(22)23)6-1-2-7-17/h3-4,9,19-20H,1-2,5-8,10-11H2,(H,18,21)(H,22,23). The van der Waals surface area contributed by atoms with Crippen molar-refractivity contribution in [1.82, 2.24) is 5.32 Å². The molecular weight excluding hydrogens is 298 g/mol. The van der Waals surface area contributed by atoms with Crippen LogP contribution in [0.3, 0.4) is 0 Å². The molecule has 1 aromatic rings. The molecule has 0 aromatic heterocycles. The van der Waals surface area contributed by atoms with Gasteiger partial charge in [-0.25, -0.2) is 0 Å². The Kier molecular flexibility index (Phi) is 5.47. The van der Waals surface area contributed by atoms with Gasteiger partial charge in [-0.3, -0.25) is 9.59 Å². The SMILES string of the molecule is O=C(O)CC1(CC(=O)NCCc2ccc(O)c(O)c2)CCCC1. The van der Waals surface area contributed by atoms with E-state index in [0.29, 0.717) is 13.0 Å². The molecule has 1 fully saturated rings. The van der Waals surface area contributed by atoms with Gasteiger partial charge in [0, 0.05) is 13.0 Å². The average molecular weight is 321 g/mol. The zero-order chi connectivity index (χ0) is 16.9. The lowest BCUT2D eigenvalue weighted by Gasteiger charge is -2.26. The smallest absolute Gasteiger partial charge is 0.303 e. The predicted molar refractivity (Wildman–Crippen MR) is 84.3 cm³/mol. The van der Waals surface area contributed by atoms with Crippen molar-refractivity contribution in [2.24, 2.45) is 5.41 Å². The zero-order valence-electron chi connectivity index (χ0n) is 13.0. The normalized spacial score (nSPS) is 16.2. The second-order valence-electron chi connectivity index (χ2n) is 6.38. The topological polar surface area (TPSA) is 107 Å². The number of carbonyl (C=O) groups is 2. The molecule has 2 rings (SSSR count). The highest BCUT2D eigenvalue weighted by Gasteiger charge is 2.37. The van der Waals surface area contributed by atoms with E-state index in [9.17, 15) is 19.8 Å². The third-order valence-corrected chi connectivity index (χ3v) is 4.50. The fraction of sp³-hybridized carbons (Fsp3) is 0.529. The number of carbonyl (C=O) groups excluding carboxylic acids is 1. The van der Waals surface area contributed by atoms with Gasteiger partial charge in [0.1, 0.15) is 0 Å². The van der Waals surface area contributed by atoms with Crippen LogP contribution in [0.5, 0.6) is 11.5 Å². The van der Waals surface area contributed by atoms with Crippen LogP contribution in [-0.2, 0) is 16.0 Å². The lowest BCUT2D eigenvalue weighted by Crippen LogP contribution is -2.33. The highest BCUT2D eigenvalue weighted by atomic mass is 16.4. The summed E-state index contributed by atoms with van der Waals surface area (Å²) < 4.78 is 0. The molecule has 23 heavy (non-hydrogen) atoms. The number of nitrogens with one attached hydrogen (secondary N) is 1. The predicted octanol–water partition coefficient (Wildman–Crippen LogP) is 2.18. The van der Waals surface area contributed by atoms with Gasteiger partial charge in [0.05, 0.1) is 6.42 Å². The Balaban J connectivity index is 1.82. The number of amides is 1. The molecule has 1 saturated carbocycles. The van der Waals surface area contributed by atoms with Gasteiger partial charge in [-0.05, 0) is 42.4 Å². The van der Waals surface area contributed by atoms with E-state index >= 15 is 0 Å². The van der Waals surface area contributed by atoms with Crippen molar-refractivity contribution < 1.29 is 24.9 Å². The summed E-state index contributed by atoms with van der Waals surface area (Å²) in [6.45, 7) is 0.409. The second kappa shape index (κ2) is 7.35. The number of phenolic OH excluding ortho intramolecular Hbond substituents is 2. The summed E-state index contributed by atoms with van der Waals surface area (Å²) in [7, 11) is 0. The van der Waals surface area contributed by atoms with Crippen molar-refractivity contribution in [3.8, 4) is 11.5 Å². The highest BCUT2D eigenvalue weighted by Crippen LogP contribution is 2.43. The minimum absolute atomic E-state index is 0.0479. The van der Waals surface area contributed by atoms with Crippen LogP contribution in [0.2, 0.25) is 0 Å². The molecule has 6 nitrogen and oxygen atoms in total. The maximum Gasteiger partial charge on any atom is 0.303 e. The van der Waals surface area contributed by atoms with E-state index in [-0.39, 0.29) is 30.2 Å². The first-order valence-electron chi connectivity index (χ1n) is 7.90. The van der Waals surface area contributed by atoms with Crippen molar-refractivity contribution >= 4 is 11.9 Å². The highest BCUT2D eigenvalue weighted by molar-refractivity contribution is 5.78. The molecule has 1 amide bonds. The first kappa shape index (κ1) is 17.1. The van der Waals surface area contributed by atoms with E-state index in [4.69, 9.17) is 5.11 Å². The van der Waals surface area contributed by atoms with Gasteiger partial charge in [0.2, 0.25) is 5.91 Å². The average Bonchev–Trinajstić information content (AvgIpc) is 2.89. The first-order chi connectivity index (χ1) is 10.9. The largest absolute Gasteiger partial charge is 0.504 e. The fourth-order valence-electron chi connectivity index (χ4n) is 3.34. The third-order valence-electron chi connectivity index (χ3n) is 4.50. The molecule has 0 bridgehead atoms. The van der Waals surface area contributed by atoms with E-state index < -0.39 is 11.4 Å². The fourth-order valence-corrected chi connectivity index (χ4v) is 3.34. The number of aromatic hydroxyl groups is 2. The summed E-state index contributed by atoms with van der Waals surface area (Å²) in [6.07, 6.45) is 4.37. The summed E-state index contributed by atoms with van der Waals surface area (Å²) in [4.78, 5) is 23.1. The number of benzene rings is 1. The van der Waals surface area contributed by atoms with Gasteiger partial charge in [-0.2, -0.15) is 0 Å². The molecule has 0 radical (unpaired) electrons. The Morgan fingerprint density at radius 3 is 2.39 bits per heavy atom. The van der Waals surface area contributed by atoms with Gasteiger partial charge in [-0.15, -0.1) is 0 Å². The maximum absolute atomic E-state index is 12.1. The van der Waals surface area contributed by atoms with Crippen molar-refractivity contribution in [2.75, 3.05) is 6.54 Å². The molecule has 0 spiro atoms. The molecule has 6 heteroatoms. The van der Waals surface area contributed by atoms with Crippen LogP contribution in [0.4, 0.5) is 0 Å². The van der Waals surface area contributed by atoms with Gasteiger partial charge in [0.15, 0.2) is 11.5 Å². The summed E-state index contributed by atoms with van der Waals surface area (Å²) in [5, 5.41) is 30.5. The van der Waals surface area contributed by atoms with E-state index in [2.05, 4.69) is 5.32 Å². The molecule has 0 aliphatic heterocycles. The number of rotatable bonds is 7. The number of carboxylic acids is 1. The number of hydrogen-bond acceptors (Lipinski definition) is 4. The van der Waals surface area contributed by atoms with Crippen molar-refractivity contribution in [1.29, 1.82) is 0 Å². The molecule has 1 aromatic carbocycles. The third kappa shape index (κ3) is 4.87.